The fourth-order valence-corrected chi connectivity index (χ4v) is 4.16. The lowest BCUT2D eigenvalue weighted by Crippen LogP contribution is -2.40. The number of rotatable bonds is 5. The maximum absolute atomic E-state index is 12.9. The number of hydrogen-bond acceptors (Lipinski definition) is 5. The number of nitrogens with one attached hydrogen (secondary N) is 1. The number of piperidine rings is 1. The van der Waals surface area contributed by atoms with Crippen LogP contribution in [-0.4, -0.2) is 40.5 Å². The molecule has 0 saturated carbocycles. The Hall–Kier alpha value is -3.32. The van der Waals surface area contributed by atoms with Crippen molar-refractivity contribution in [2.45, 2.75) is 19.4 Å². The van der Waals surface area contributed by atoms with Gasteiger partial charge in [0.2, 0.25) is 12.7 Å². The van der Waals surface area contributed by atoms with Crippen molar-refractivity contribution in [2.75, 3.05) is 25.2 Å². The highest BCUT2D eigenvalue weighted by Crippen LogP contribution is 2.36. The average Bonchev–Trinajstić information content (AvgIpc) is 3.47. The van der Waals surface area contributed by atoms with Gasteiger partial charge < -0.3 is 14.8 Å². The van der Waals surface area contributed by atoms with E-state index in [2.05, 4.69) is 21.4 Å². The van der Waals surface area contributed by atoms with Gasteiger partial charge in [-0.2, -0.15) is 5.10 Å². The van der Waals surface area contributed by atoms with E-state index in [9.17, 15) is 4.79 Å². The number of carbonyl (C=O) groups is 1. The summed E-state index contributed by atoms with van der Waals surface area (Å²) in [5, 5.41) is 7.34. The van der Waals surface area contributed by atoms with E-state index in [1.807, 2.05) is 48.7 Å². The van der Waals surface area contributed by atoms with Crippen LogP contribution in [0.5, 0.6) is 11.5 Å². The van der Waals surface area contributed by atoms with Gasteiger partial charge in [0.15, 0.2) is 11.5 Å². The number of para-hydroxylation sites is 1. The van der Waals surface area contributed by atoms with Crippen LogP contribution in [0.2, 0.25) is 0 Å². The number of benzene rings is 2. The quantitative estimate of drug-likeness (QED) is 0.705. The number of nitrogens with zero attached hydrogens (tertiary/aromatic N) is 3. The van der Waals surface area contributed by atoms with Crippen molar-refractivity contribution in [1.82, 2.24) is 14.7 Å². The molecule has 0 unspecified atom stereocenters. The van der Waals surface area contributed by atoms with E-state index in [4.69, 9.17) is 9.47 Å². The minimum absolute atomic E-state index is 0.0407. The first-order valence-electron chi connectivity index (χ1n) is 10.3. The molecule has 1 fully saturated rings. The number of anilines is 1. The molecule has 30 heavy (non-hydrogen) atoms. The van der Waals surface area contributed by atoms with E-state index in [-0.39, 0.29) is 18.6 Å². The van der Waals surface area contributed by atoms with E-state index in [1.54, 1.807) is 10.9 Å². The molecule has 7 nitrogen and oxygen atoms in total. The highest BCUT2D eigenvalue weighted by molar-refractivity contribution is 5.93. The highest BCUT2D eigenvalue weighted by Gasteiger charge is 2.27. The molecule has 3 heterocycles. The topological polar surface area (TPSA) is 68.6 Å². The summed E-state index contributed by atoms with van der Waals surface area (Å²) in [5.74, 6) is 1.66. The van der Waals surface area contributed by atoms with Gasteiger partial charge in [0, 0.05) is 36.7 Å². The second-order valence-electron chi connectivity index (χ2n) is 7.72. The second-order valence-corrected chi connectivity index (χ2v) is 7.72. The first-order chi connectivity index (χ1) is 14.8. The van der Waals surface area contributed by atoms with E-state index >= 15 is 0 Å². The summed E-state index contributed by atoms with van der Waals surface area (Å²) in [6.07, 6.45) is 5.52. The van der Waals surface area contributed by atoms with Crippen LogP contribution in [0, 0.1) is 5.92 Å². The van der Waals surface area contributed by atoms with E-state index in [1.165, 1.54) is 0 Å². The molecule has 0 bridgehead atoms. The third-order valence-corrected chi connectivity index (χ3v) is 5.63. The van der Waals surface area contributed by atoms with E-state index < -0.39 is 0 Å². The summed E-state index contributed by atoms with van der Waals surface area (Å²) in [4.78, 5) is 15.3. The lowest BCUT2D eigenvalue weighted by molar-refractivity contribution is -0.121. The third kappa shape index (κ3) is 3.89. The first kappa shape index (κ1) is 18.7. The largest absolute Gasteiger partial charge is 0.454 e. The zero-order valence-electron chi connectivity index (χ0n) is 16.7. The maximum Gasteiger partial charge on any atom is 0.231 e. The Kier molecular flexibility index (Phi) is 5.11. The zero-order valence-corrected chi connectivity index (χ0v) is 16.7. The number of likely N-dealkylation sites (tertiary alicyclic amines) is 1. The molecule has 3 aromatic rings. The van der Waals surface area contributed by atoms with Crippen LogP contribution >= 0.6 is 0 Å². The summed E-state index contributed by atoms with van der Waals surface area (Å²) in [5.41, 5.74) is 2.82. The molecule has 7 heteroatoms. The molecule has 0 radical (unpaired) electrons. The minimum Gasteiger partial charge on any atom is -0.454 e. The van der Waals surface area contributed by atoms with Crippen LogP contribution in [0.3, 0.4) is 0 Å². The van der Waals surface area contributed by atoms with Crippen molar-refractivity contribution in [3.63, 3.8) is 0 Å². The molecule has 5 rings (SSSR count). The molecule has 2 aliphatic heterocycles. The SMILES string of the molecule is O=C(Nc1cccc(-n2cccn2)c1)[C@H]1CCCN(Cc2cccc3c2OCO3)C1. The molecule has 2 aromatic carbocycles. The first-order valence-corrected chi connectivity index (χ1v) is 10.3. The van der Waals surface area contributed by atoms with E-state index in [0.717, 1.165) is 60.9 Å². The molecule has 0 spiro atoms. The summed E-state index contributed by atoms with van der Waals surface area (Å²) in [7, 11) is 0. The number of ether oxygens (including phenoxy) is 2. The Morgan fingerprint density at radius 3 is 3.00 bits per heavy atom. The highest BCUT2D eigenvalue weighted by atomic mass is 16.7. The maximum atomic E-state index is 12.9. The van der Waals surface area contributed by atoms with Gasteiger partial charge in [0.25, 0.3) is 0 Å². The molecular formula is C23H24N4O3. The zero-order chi connectivity index (χ0) is 20.3. The molecule has 1 saturated heterocycles. The van der Waals surface area contributed by atoms with Crippen LogP contribution < -0.4 is 14.8 Å². The number of carbonyl (C=O) groups excluding carboxylic acids is 1. The average molecular weight is 404 g/mol. The molecule has 2 aliphatic rings. The van der Waals surface area contributed by atoms with Crippen LogP contribution in [0.25, 0.3) is 5.69 Å². The smallest absolute Gasteiger partial charge is 0.231 e. The van der Waals surface area contributed by atoms with Gasteiger partial charge in [-0.1, -0.05) is 18.2 Å². The van der Waals surface area contributed by atoms with Crippen molar-refractivity contribution < 1.29 is 14.3 Å². The van der Waals surface area contributed by atoms with Gasteiger partial charge in [-0.3, -0.25) is 9.69 Å². The Morgan fingerprint density at radius 2 is 2.10 bits per heavy atom. The molecule has 1 amide bonds. The van der Waals surface area contributed by atoms with Crippen molar-refractivity contribution in [3.8, 4) is 17.2 Å². The standard InChI is InChI=1S/C23H24N4O3/c28-23(25-19-7-2-8-20(13-19)27-12-4-10-24-27)18-6-3-11-26(15-18)14-17-5-1-9-21-22(17)30-16-29-21/h1-2,4-5,7-10,12-13,18H,3,6,11,14-16H2,(H,25,28)/t18-/m0/s1. The summed E-state index contributed by atoms with van der Waals surface area (Å²) >= 11 is 0. The Balaban J connectivity index is 1.24. The molecule has 0 aliphatic carbocycles. The Morgan fingerprint density at radius 1 is 1.17 bits per heavy atom. The van der Waals surface area contributed by atoms with Gasteiger partial charge in [0.1, 0.15) is 0 Å². The molecular weight excluding hydrogens is 380 g/mol. The van der Waals surface area contributed by atoms with Gasteiger partial charge in [-0.25, -0.2) is 4.68 Å². The van der Waals surface area contributed by atoms with Crippen LogP contribution in [-0.2, 0) is 11.3 Å². The van der Waals surface area contributed by atoms with Crippen molar-refractivity contribution in [3.05, 3.63) is 66.5 Å². The lowest BCUT2D eigenvalue weighted by Gasteiger charge is -2.32. The molecule has 1 N–H and O–H groups in total. The molecule has 1 atom stereocenters. The lowest BCUT2D eigenvalue weighted by atomic mass is 9.96. The normalized spacial score (nSPS) is 18.3. The second kappa shape index (κ2) is 8.20. The van der Waals surface area contributed by atoms with Gasteiger partial charge in [-0.15, -0.1) is 0 Å². The van der Waals surface area contributed by atoms with Crippen LogP contribution in [0.15, 0.2) is 60.9 Å². The van der Waals surface area contributed by atoms with Crippen molar-refractivity contribution >= 4 is 11.6 Å². The van der Waals surface area contributed by atoms with Crippen LogP contribution in [0.4, 0.5) is 5.69 Å². The monoisotopic (exact) mass is 404 g/mol. The molecule has 1 aromatic heterocycles. The minimum atomic E-state index is -0.0407. The third-order valence-electron chi connectivity index (χ3n) is 5.63. The summed E-state index contributed by atoms with van der Waals surface area (Å²) in [6.45, 7) is 2.73. The van der Waals surface area contributed by atoms with Crippen molar-refractivity contribution in [2.24, 2.45) is 5.92 Å². The number of amides is 1. The Bertz CT molecular complexity index is 1030. The number of fused-ring (bicyclic) bond motifs is 1. The molecule has 154 valence electrons. The van der Waals surface area contributed by atoms with Crippen molar-refractivity contribution in [1.29, 1.82) is 0 Å². The summed E-state index contributed by atoms with van der Waals surface area (Å²) < 4.78 is 12.9. The number of hydrogen-bond donors (Lipinski definition) is 1. The van der Waals surface area contributed by atoms with Gasteiger partial charge >= 0.3 is 0 Å². The summed E-state index contributed by atoms with van der Waals surface area (Å²) in [6, 6.07) is 15.6. The van der Waals surface area contributed by atoms with Crippen LogP contribution in [0.1, 0.15) is 18.4 Å². The van der Waals surface area contributed by atoms with Gasteiger partial charge in [-0.05, 0) is 49.7 Å². The fourth-order valence-electron chi connectivity index (χ4n) is 4.16. The number of aromatic nitrogens is 2. The fraction of sp³-hybridized carbons (Fsp3) is 0.304. The Labute approximate surface area is 175 Å². The predicted octanol–water partition coefficient (Wildman–Crippen LogP) is 3.45. The van der Waals surface area contributed by atoms with Gasteiger partial charge in [0.05, 0.1) is 11.6 Å². The van der Waals surface area contributed by atoms with E-state index in [0.29, 0.717) is 0 Å². The predicted molar refractivity (Wildman–Crippen MR) is 113 cm³/mol.